The first kappa shape index (κ1) is 29.8. The van der Waals surface area contributed by atoms with Gasteiger partial charge in [-0.25, -0.2) is 17.9 Å². The van der Waals surface area contributed by atoms with E-state index >= 15 is 0 Å². The fourth-order valence-corrected chi connectivity index (χ4v) is 6.53. The fourth-order valence-electron chi connectivity index (χ4n) is 5.39. The third-order valence-corrected chi connectivity index (χ3v) is 9.00. The molecule has 1 aliphatic heterocycles. The van der Waals surface area contributed by atoms with Crippen LogP contribution in [0.4, 0.5) is 0 Å². The molecule has 0 bridgehead atoms. The molecule has 1 aliphatic rings. The van der Waals surface area contributed by atoms with Gasteiger partial charge in [-0.15, -0.1) is 0 Å². The number of carbonyl (C=O) groups is 2. The number of ether oxygens (including phenoxy) is 4. The van der Waals surface area contributed by atoms with E-state index in [2.05, 4.69) is 4.72 Å². The van der Waals surface area contributed by atoms with Gasteiger partial charge in [0.25, 0.3) is 10.0 Å². The van der Waals surface area contributed by atoms with Crippen molar-refractivity contribution in [2.45, 2.75) is 24.3 Å². The summed E-state index contributed by atoms with van der Waals surface area (Å²) in [4.78, 5) is 26.8. The zero-order chi connectivity index (χ0) is 31.7. The Kier molecular flexibility index (Phi) is 7.94. The number of carbonyl (C=O) groups excluding carboxylic acids is 2. The molecule has 0 radical (unpaired) electrons. The maximum Gasteiger partial charge on any atom is 0.338 e. The van der Waals surface area contributed by atoms with Gasteiger partial charge in [0.15, 0.2) is 11.5 Å². The Bertz CT molecular complexity index is 2040. The number of methoxy groups -OCH3 is 1. The molecule has 45 heavy (non-hydrogen) atoms. The summed E-state index contributed by atoms with van der Waals surface area (Å²) in [5, 5.41) is 0.653. The third-order valence-electron chi connectivity index (χ3n) is 7.62. The van der Waals surface area contributed by atoms with Crippen LogP contribution in [0.15, 0.2) is 96.0 Å². The van der Waals surface area contributed by atoms with Crippen LogP contribution in [-0.4, -0.2) is 38.8 Å². The van der Waals surface area contributed by atoms with Crippen LogP contribution in [0.2, 0.25) is 0 Å². The molecule has 0 fully saturated rings. The second-order valence-corrected chi connectivity index (χ2v) is 12.3. The van der Waals surface area contributed by atoms with E-state index in [0.717, 1.165) is 11.1 Å². The zero-order valence-corrected chi connectivity index (χ0v) is 25.6. The molecule has 1 amide bonds. The molecule has 2 heterocycles. The molecule has 0 aliphatic carbocycles. The number of fused-ring (bicyclic) bond motifs is 2. The van der Waals surface area contributed by atoms with Gasteiger partial charge in [-0.3, -0.25) is 4.79 Å². The average molecular weight is 627 g/mol. The van der Waals surface area contributed by atoms with E-state index in [9.17, 15) is 18.0 Å². The number of esters is 1. The highest BCUT2D eigenvalue weighted by Crippen LogP contribution is 2.39. The van der Waals surface area contributed by atoms with Gasteiger partial charge in [-0.1, -0.05) is 48.5 Å². The lowest BCUT2D eigenvalue weighted by atomic mass is 9.90. The second-order valence-electron chi connectivity index (χ2n) is 10.7. The highest BCUT2D eigenvalue weighted by Gasteiger charge is 2.32. The number of sulfonamides is 1. The molecule has 5 aromatic rings. The van der Waals surface area contributed by atoms with Gasteiger partial charge in [0.2, 0.25) is 12.7 Å². The van der Waals surface area contributed by atoms with Gasteiger partial charge in [-0.2, -0.15) is 0 Å². The monoisotopic (exact) mass is 626 g/mol. The molecular weight excluding hydrogens is 596 g/mol. The molecule has 1 atom stereocenters. The van der Waals surface area contributed by atoms with E-state index in [1.807, 2.05) is 37.3 Å². The lowest BCUT2D eigenvalue weighted by Crippen LogP contribution is -2.35. The van der Waals surface area contributed by atoms with E-state index < -0.39 is 27.8 Å². The summed E-state index contributed by atoms with van der Waals surface area (Å²) < 4.78 is 52.9. The lowest BCUT2D eigenvalue weighted by Gasteiger charge is -2.19. The molecule has 6 rings (SSSR count). The van der Waals surface area contributed by atoms with E-state index in [-0.39, 0.29) is 24.0 Å². The van der Waals surface area contributed by atoms with E-state index in [4.69, 9.17) is 18.9 Å². The number of hydrogen-bond donors (Lipinski definition) is 1. The highest BCUT2D eigenvalue weighted by molar-refractivity contribution is 7.90. The van der Waals surface area contributed by atoms with E-state index in [1.165, 1.54) is 13.2 Å². The minimum absolute atomic E-state index is 0.0364. The Morgan fingerprint density at radius 2 is 1.73 bits per heavy atom. The number of amides is 1. The summed E-state index contributed by atoms with van der Waals surface area (Å²) in [6, 6.07) is 24.1. The summed E-state index contributed by atoms with van der Waals surface area (Å²) >= 11 is 0. The molecule has 1 aromatic heterocycles. The van der Waals surface area contributed by atoms with Gasteiger partial charge in [0.1, 0.15) is 17.3 Å². The van der Waals surface area contributed by atoms with Crippen molar-refractivity contribution in [2.24, 2.45) is 7.05 Å². The summed E-state index contributed by atoms with van der Waals surface area (Å²) in [6.45, 7) is 1.97. The Morgan fingerprint density at radius 3 is 2.51 bits per heavy atom. The Labute approximate surface area is 260 Å². The third kappa shape index (κ3) is 5.94. The van der Waals surface area contributed by atoms with Crippen LogP contribution in [0, 0.1) is 6.92 Å². The largest absolute Gasteiger partial charge is 0.495 e. The van der Waals surface area contributed by atoms with Crippen LogP contribution in [0.1, 0.15) is 38.5 Å². The van der Waals surface area contributed by atoms with Crippen LogP contribution in [0.25, 0.3) is 10.9 Å². The number of rotatable bonds is 9. The first-order valence-corrected chi connectivity index (χ1v) is 15.5. The molecule has 0 spiro atoms. The van der Waals surface area contributed by atoms with E-state index in [1.54, 1.807) is 66.3 Å². The summed E-state index contributed by atoms with van der Waals surface area (Å²) in [5.41, 5.74) is 3.67. The molecule has 10 nitrogen and oxygen atoms in total. The standard InChI is InChI=1S/C34H30N2O8S/c1-21-9-14-31(30(15-21)41-3)45(39,40)35-33(37)32(23-11-13-28-29(17-23)44-20-43-28)26-18-36(2)27-16-24(10-12-25(26)27)34(38)42-19-22-7-5-4-6-8-22/h4-18,32H,19-20H2,1-3H3,(H,35,37). The van der Waals surface area contributed by atoms with Crippen molar-refractivity contribution in [1.82, 2.24) is 9.29 Å². The summed E-state index contributed by atoms with van der Waals surface area (Å²) in [5.74, 6) is -1.28. The maximum absolute atomic E-state index is 14.1. The van der Waals surface area contributed by atoms with Crippen molar-refractivity contribution >= 4 is 32.8 Å². The summed E-state index contributed by atoms with van der Waals surface area (Å²) in [6.07, 6.45) is 1.75. The Balaban J connectivity index is 1.37. The first-order chi connectivity index (χ1) is 21.6. The van der Waals surface area contributed by atoms with Crippen molar-refractivity contribution in [1.29, 1.82) is 0 Å². The smallest absolute Gasteiger partial charge is 0.338 e. The predicted molar refractivity (Wildman–Crippen MR) is 166 cm³/mol. The van der Waals surface area contributed by atoms with Gasteiger partial charge >= 0.3 is 5.97 Å². The van der Waals surface area contributed by atoms with Crippen LogP contribution in [0.5, 0.6) is 17.2 Å². The highest BCUT2D eigenvalue weighted by atomic mass is 32.2. The molecule has 4 aromatic carbocycles. The normalized spacial score (nSPS) is 13.0. The van der Waals surface area contributed by atoms with Crippen molar-refractivity contribution < 1.29 is 37.0 Å². The fraction of sp³-hybridized carbons (Fsp3) is 0.176. The molecule has 0 saturated carbocycles. The topological polar surface area (TPSA) is 122 Å². The van der Waals surface area contributed by atoms with Crippen molar-refractivity contribution in [3.05, 3.63) is 119 Å². The molecule has 1 unspecified atom stereocenters. The number of nitrogens with one attached hydrogen (secondary N) is 1. The number of nitrogens with zero attached hydrogens (tertiary/aromatic N) is 1. The van der Waals surface area contributed by atoms with Gasteiger partial charge in [0, 0.05) is 24.1 Å². The minimum Gasteiger partial charge on any atom is -0.495 e. The Morgan fingerprint density at radius 1 is 0.956 bits per heavy atom. The van der Waals surface area contributed by atoms with Crippen molar-refractivity contribution in [3.63, 3.8) is 0 Å². The zero-order valence-electron chi connectivity index (χ0n) is 24.8. The maximum atomic E-state index is 14.1. The minimum atomic E-state index is -4.33. The molecular formula is C34H30N2O8S. The number of aryl methyl sites for hydroxylation is 2. The Hall–Kier alpha value is -5.29. The number of hydrogen-bond acceptors (Lipinski definition) is 8. The van der Waals surface area contributed by atoms with E-state index in [0.29, 0.717) is 39.1 Å². The van der Waals surface area contributed by atoms with Crippen LogP contribution in [0.3, 0.4) is 0 Å². The first-order valence-electron chi connectivity index (χ1n) is 14.1. The second kappa shape index (κ2) is 12.0. The van der Waals surface area contributed by atoms with Gasteiger partial charge in [0.05, 0.1) is 18.6 Å². The number of aromatic nitrogens is 1. The molecule has 11 heteroatoms. The van der Waals surface area contributed by atoms with Gasteiger partial charge in [-0.05, 0) is 65.6 Å². The SMILES string of the molecule is COc1cc(C)ccc1S(=O)(=O)NC(=O)C(c1ccc2c(c1)OCO2)c1cn(C)c2cc(C(=O)OCc3ccccc3)ccc12. The molecule has 0 saturated heterocycles. The molecule has 1 N–H and O–H groups in total. The summed E-state index contributed by atoms with van der Waals surface area (Å²) in [7, 11) is -1.18. The van der Waals surface area contributed by atoms with Gasteiger partial charge < -0.3 is 23.5 Å². The molecule has 230 valence electrons. The average Bonchev–Trinajstić information content (AvgIpc) is 3.63. The van der Waals surface area contributed by atoms with Crippen LogP contribution in [-0.2, 0) is 33.2 Å². The number of benzene rings is 4. The van der Waals surface area contributed by atoms with Crippen molar-refractivity contribution in [3.8, 4) is 17.2 Å². The van der Waals surface area contributed by atoms with Crippen molar-refractivity contribution in [2.75, 3.05) is 13.9 Å². The quantitative estimate of drug-likeness (QED) is 0.221. The van der Waals surface area contributed by atoms with Crippen LogP contribution < -0.4 is 18.9 Å². The predicted octanol–water partition coefficient (Wildman–Crippen LogP) is 5.22. The lowest BCUT2D eigenvalue weighted by molar-refractivity contribution is -0.119. The van der Waals surface area contributed by atoms with Crippen LogP contribution >= 0.6 is 0 Å².